The maximum absolute atomic E-state index is 12.2. The zero-order valence-electron chi connectivity index (χ0n) is 12.3. The van der Waals surface area contributed by atoms with Crippen molar-refractivity contribution in [2.24, 2.45) is 5.73 Å². The van der Waals surface area contributed by atoms with Gasteiger partial charge < -0.3 is 15.0 Å². The van der Waals surface area contributed by atoms with Gasteiger partial charge in [-0.25, -0.2) is 0 Å². The van der Waals surface area contributed by atoms with Crippen LogP contribution in [-0.4, -0.2) is 42.3 Å². The molecule has 2 heterocycles. The van der Waals surface area contributed by atoms with E-state index in [9.17, 15) is 4.79 Å². The summed E-state index contributed by atoms with van der Waals surface area (Å²) in [5.41, 5.74) is 5.52. The molecule has 1 fully saturated rings. The Balaban J connectivity index is 1.90. The number of rotatable bonds is 6. The minimum absolute atomic E-state index is 0.00635. The predicted octanol–water partition coefficient (Wildman–Crippen LogP) is 1.23. The Bertz CT molecular complexity index is 466. The zero-order valence-corrected chi connectivity index (χ0v) is 12.3. The molecule has 1 saturated heterocycles. The standard InChI is InChI=1S/C15H25N3O2/c1-13(12-16)18-9-5-6-14(15(18)19)20-11-10-17-7-3-2-4-8-17/h5-6,9,13H,2-4,7-8,10-12,16H2,1H3. The maximum atomic E-state index is 12.2. The maximum Gasteiger partial charge on any atom is 0.293 e. The number of ether oxygens (including phenoxy) is 1. The van der Waals surface area contributed by atoms with Crippen LogP contribution in [-0.2, 0) is 0 Å². The SMILES string of the molecule is CC(CN)n1cccc(OCCN2CCCCC2)c1=O. The normalized spacial score (nSPS) is 17.9. The summed E-state index contributed by atoms with van der Waals surface area (Å²) >= 11 is 0. The van der Waals surface area contributed by atoms with Crippen molar-refractivity contribution in [2.45, 2.75) is 32.2 Å². The summed E-state index contributed by atoms with van der Waals surface area (Å²) in [6.07, 6.45) is 5.63. The van der Waals surface area contributed by atoms with Crippen LogP contribution in [0.15, 0.2) is 23.1 Å². The Morgan fingerprint density at radius 3 is 2.80 bits per heavy atom. The highest BCUT2D eigenvalue weighted by Gasteiger charge is 2.11. The molecule has 0 aliphatic carbocycles. The first-order valence-electron chi connectivity index (χ1n) is 7.48. The van der Waals surface area contributed by atoms with E-state index in [4.69, 9.17) is 10.5 Å². The molecule has 1 aromatic heterocycles. The minimum Gasteiger partial charge on any atom is -0.487 e. The quantitative estimate of drug-likeness (QED) is 0.851. The van der Waals surface area contributed by atoms with Gasteiger partial charge in [0.25, 0.3) is 5.56 Å². The van der Waals surface area contributed by atoms with Gasteiger partial charge in [-0.3, -0.25) is 9.69 Å². The number of nitrogens with zero attached hydrogens (tertiary/aromatic N) is 2. The van der Waals surface area contributed by atoms with Gasteiger partial charge >= 0.3 is 0 Å². The van der Waals surface area contributed by atoms with E-state index >= 15 is 0 Å². The van der Waals surface area contributed by atoms with Crippen molar-refractivity contribution in [3.8, 4) is 5.75 Å². The van der Waals surface area contributed by atoms with E-state index in [1.54, 1.807) is 16.8 Å². The van der Waals surface area contributed by atoms with Crippen LogP contribution in [0.3, 0.4) is 0 Å². The Morgan fingerprint density at radius 2 is 2.10 bits per heavy atom. The van der Waals surface area contributed by atoms with Crippen molar-refractivity contribution in [3.05, 3.63) is 28.7 Å². The zero-order chi connectivity index (χ0) is 14.4. The lowest BCUT2D eigenvalue weighted by molar-refractivity contribution is 0.182. The molecular weight excluding hydrogens is 254 g/mol. The second-order valence-electron chi connectivity index (χ2n) is 5.42. The van der Waals surface area contributed by atoms with Gasteiger partial charge in [0.05, 0.1) is 0 Å². The van der Waals surface area contributed by atoms with Gasteiger partial charge in [0.2, 0.25) is 0 Å². The molecule has 5 heteroatoms. The lowest BCUT2D eigenvalue weighted by atomic mass is 10.1. The Morgan fingerprint density at radius 1 is 1.35 bits per heavy atom. The molecule has 20 heavy (non-hydrogen) atoms. The topological polar surface area (TPSA) is 60.5 Å². The van der Waals surface area contributed by atoms with Crippen LogP contribution in [0.4, 0.5) is 0 Å². The van der Waals surface area contributed by atoms with Crippen LogP contribution >= 0.6 is 0 Å². The highest BCUT2D eigenvalue weighted by molar-refractivity contribution is 5.17. The van der Waals surface area contributed by atoms with Crippen LogP contribution in [0.5, 0.6) is 5.75 Å². The van der Waals surface area contributed by atoms with E-state index in [2.05, 4.69) is 4.90 Å². The van der Waals surface area contributed by atoms with Crippen molar-refractivity contribution >= 4 is 0 Å². The van der Waals surface area contributed by atoms with E-state index in [0.29, 0.717) is 18.9 Å². The lowest BCUT2D eigenvalue weighted by Gasteiger charge is -2.26. The molecule has 0 radical (unpaired) electrons. The van der Waals surface area contributed by atoms with E-state index in [1.807, 2.05) is 13.0 Å². The second-order valence-corrected chi connectivity index (χ2v) is 5.42. The molecule has 112 valence electrons. The number of aromatic nitrogens is 1. The molecule has 0 aromatic carbocycles. The van der Waals surface area contributed by atoms with E-state index in [0.717, 1.165) is 19.6 Å². The first-order valence-corrected chi connectivity index (χ1v) is 7.48. The van der Waals surface area contributed by atoms with E-state index in [1.165, 1.54) is 19.3 Å². The van der Waals surface area contributed by atoms with Crippen molar-refractivity contribution in [1.29, 1.82) is 0 Å². The third-order valence-corrected chi connectivity index (χ3v) is 3.87. The summed E-state index contributed by atoms with van der Waals surface area (Å²) < 4.78 is 7.29. The smallest absolute Gasteiger partial charge is 0.293 e. The van der Waals surface area contributed by atoms with Gasteiger partial charge in [0.1, 0.15) is 6.61 Å². The summed E-state index contributed by atoms with van der Waals surface area (Å²) in [5.74, 6) is 0.421. The second kappa shape index (κ2) is 7.45. The Hall–Kier alpha value is -1.33. The molecule has 0 amide bonds. The number of hydrogen-bond donors (Lipinski definition) is 1. The van der Waals surface area contributed by atoms with Crippen molar-refractivity contribution < 1.29 is 4.74 Å². The summed E-state index contributed by atoms with van der Waals surface area (Å²) in [6.45, 7) is 6.12. The molecule has 1 aromatic rings. The first kappa shape index (κ1) is 15.1. The molecule has 0 saturated carbocycles. The third kappa shape index (κ3) is 3.84. The van der Waals surface area contributed by atoms with Crippen LogP contribution in [0.25, 0.3) is 0 Å². The largest absolute Gasteiger partial charge is 0.487 e. The number of piperidine rings is 1. The molecule has 1 atom stereocenters. The molecule has 1 aliphatic rings. The van der Waals surface area contributed by atoms with Gasteiger partial charge in [-0.15, -0.1) is 0 Å². The molecule has 0 spiro atoms. The first-order chi connectivity index (χ1) is 9.72. The van der Waals surface area contributed by atoms with Gasteiger partial charge in [-0.2, -0.15) is 0 Å². The van der Waals surface area contributed by atoms with Gasteiger partial charge in [0, 0.05) is 25.3 Å². The molecular formula is C15H25N3O2. The fourth-order valence-corrected chi connectivity index (χ4v) is 2.53. The highest BCUT2D eigenvalue weighted by atomic mass is 16.5. The summed E-state index contributed by atoms with van der Waals surface area (Å²) in [4.78, 5) is 14.6. The van der Waals surface area contributed by atoms with Crippen molar-refractivity contribution in [1.82, 2.24) is 9.47 Å². The molecule has 2 N–H and O–H groups in total. The molecule has 1 aliphatic heterocycles. The number of pyridine rings is 1. The summed E-state index contributed by atoms with van der Waals surface area (Å²) in [5, 5.41) is 0. The van der Waals surface area contributed by atoms with Crippen LogP contribution in [0.2, 0.25) is 0 Å². The van der Waals surface area contributed by atoms with Crippen LogP contribution in [0.1, 0.15) is 32.2 Å². The molecule has 5 nitrogen and oxygen atoms in total. The van der Waals surface area contributed by atoms with Gasteiger partial charge in [-0.1, -0.05) is 6.42 Å². The number of likely N-dealkylation sites (tertiary alicyclic amines) is 1. The Labute approximate surface area is 120 Å². The predicted molar refractivity (Wildman–Crippen MR) is 80.3 cm³/mol. The average Bonchev–Trinajstić information content (AvgIpc) is 2.49. The fourth-order valence-electron chi connectivity index (χ4n) is 2.53. The third-order valence-electron chi connectivity index (χ3n) is 3.87. The monoisotopic (exact) mass is 279 g/mol. The molecule has 2 rings (SSSR count). The Kier molecular flexibility index (Phi) is 5.61. The summed E-state index contributed by atoms with van der Waals surface area (Å²) in [7, 11) is 0. The van der Waals surface area contributed by atoms with E-state index in [-0.39, 0.29) is 11.6 Å². The van der Waals surface area contributed by atoms with Gasteiger partial charge in [-0.05, 0) is 45.0 Å². The summed E-state index contributed by atoms with van der Waals surface area (Å²) in [6, 6.07) is 3.57. The van der Waals surface area contributed by atoms with Crippen molar-refractivity contribution in [2.75, 3.05) is 32.8 Å². The van der Waals surface area contributed by atoms with Crippen molar-refractivity contribution in [3.63, 3.8) is 0 Å². The van der Waals surface area contributed by atoms with Crippen LogP contribution in [0, 0.1) is 0 Å². The molecule has 1 unspecified atom stereocenters. The minimum atomic E-state index is -0.0934. The average molecular weight is 279 g/mol. The van der Waals surface area contributed by atoms with Gasteiger partial charge in [0.15, 0.2) is 5.75 Å². The molecule has 0 bridgehead atoms. The number of hydrogen-bond acceptors (Lipinski definition) is 4. The van der Waals surface area contributed by atoms with E-state index < -0.39 is 0 Å². The number of nitrogens with two attached hydrogens (primary N) is 1. The highest BCUT2D eigenvalue weighted by Crippen LogP contribution is 2.09. The fraction of sp³-hybridized carbons (Fsp3) is 0.667. The van der Waals surface area contributed by atoms with Crippen LogP contribution < -0.4 is 16.0 Å². The lowest BCUT2D eigenvalue weighted by Crippen LogP contribution is -2.34.